The van der Waals surface area contributed by atoms with Crippen LogP contribution in [0.5, 0.6) is 0 Å². The highest BCUT2D eigenvalue weighted by atomic mass is 35.5. The van der Waals surface area contributed by atoms with E-state index < -0.39 is 28.5 Å². The van der Waals surface area contributed by atoms with Crippen molar-refractivity contribution in [1.29, 1.82) is 0 Å². The number of nitrogens with one attached hydrogen (secondary N) is 1. The summed E-state index contributed by atoms with van der Waals surface area (Å²) in [6, 6.07) is 8.22. The molecule has 2 aromatic carbocycles. The van der Waals surface area contributed by atoms with Crippen LogP contribution >= 0.6 is 46.4 Å². The van der Waals surface area contributed by atoms with Crippen molar-refractivity contribution in [3.05, 3.63) is 62.1 Å². The van der Waals surface area contributed by atoms with Crippen LogP contribution in [0.15, 0.2) is 36.4 Å². The van der Waals surface area contributed by atoms with E-state index in [1.807, 2.05) is 0 Å². The van der Waals surface area contributed by atoms with Crippen molar-refractivity contribution in [3.8, 4) is 0 Å². The minimum atomic E-state index is -3.92. The summed E-state index contributed by atoms with van der Waals surface area (Å²) in [5.74, 6) is -0.973. The molecular weight excluding hydrogens is 544 g/mol. The molecule has 34 heavy (non-hydrogen) atoms. The second-order valence-electron chi connectivity index (χ2n) is 7.44. The van der Waals surface area contributed by atoms with Crippen molar-refractivity contribution < 1.29 is 18.0 Å². The summed E-state index contributed by atoms with van der Waals surface area (Å²) in [5, 5.41) is 3.83. The van der Waals surface area contributed by atoms with Crippen molar-refractivity contribution in [2.45, 2.75) is 32.9 Å². The Bertz CT molecular complexity index is 1160. The average molecular weight is 569 g/mol. The molecule has 0 saturated heterocycles. The highest BCUT2D eigenvalue weighted by Crippen LogP contribution is 2.31. The van der Waals surface area contributed by atoms with Crippen molar-refractivity contribution in [3.63, 3.8) is 0 Å². The minimum Gasteiger partial charge on any atom is -0.355 e. The lowest BCUT2D eigenvalue weighted by Crippen LogP contribution is -2.52. The van der Waals surface area contributed by atoms with Gasteiger partial charge in [-0.05, 0) is 49.2 Å². The van der Waals surface area contributed by atoms with Gasteiger partial charge in [-0.3, -0.25) is 13.9 Å². The van der Waals surface area contributed by atoms with Gasteiger partial charge in [-0.15, -0.1) is 0 Å². The van der Waals surface area contributed by atoms with Crippen LogP contribution < -0.4 is 9.62 Å². The van der Waals surface area contributed by atoms with Crippen LogP contribution in [-0.4, -0.2) is 50.5 Å². The highest BCUT2D eigenvalue weighted by molar-refractivity contribution is 7.92. The predicted octanol–water partition coefficient (Wildman–Crippen LogP) is 5.01. The van der Waals surface area contributed by atoms with Crippen molar-refractivity contribution in [2.75, 3.05) is 23.7 Å². The Balaban J connectivity index is 2.50. The molecule has 7 nitrogen and oxygen atoms in total. The molecule has 1 N–H and O–H groups in total. The maximum Gasteiger partial charge on any atom is 0.244 e. The molecule has 0 unspecified atom stereocenters. The van der Waals surface area contributed by atoms with Gasteiger partial charge in [0.15, 0.2) is 0 Å². The molecule has 0 aliphatic heterocycles. The molecule has 186 valence electrons. The van der Waals surface area contributed by atoms with E-state index in [0.717, 1.165) is 10.6 Å². The zero-order valence-corrected chi connectivity index (χ0v) is 22.7. The van der Waals surface area contributed by atoms with Gasteiger partial charge in [0, 0.05) is 28.2 Å². The lowest BCUT2D eigenvalue weighted by molar-refractivity contribution is -0.140. The normalized spacial score (nSPS) is 12.2. The van der Waals surface area contributed by atoms with E-state index in [1.165, 1.54) is 29.2 Å². The number of carbonyl (C=O) groups excluding carboxylic acids is 2. The zero-order valence-electron chi connectivity index (χ0n) is 18.8. The number of rotatable bonds is 10. The number of anilines is 1. The van der Waals surface area contributed by atoms with E-state index in [-0.39, 0.29) is 23.2 Å². The number of likely N-dealkylation sites (N-methyl/N-ethyl adjacent to an activating group) is 1. The van der Waals surface area contributed by atoms with E-state index in [2.05, 4.69) is 5.32 Å². The van der Waals surface area contributed by atoms with Gasteiger partial charge in [-0.2, -0.15) is 0 Å². The number of hydrogen-bond acceptors (Lipinski definition) is 4. The van der Waals surface area contributed by atoms with Crippen LogP contribution in [-0.2, 0) is 26.2 Å². The molecule has 0 spiro atoms. The summed E-state index contributed by atoms with van der Waals surface area (Å²) >= 11 is 24.5. The molecule has 2 rings (SSSR count). The number of sulfonamides is 1. The number of hydrogen-bond donors (Lipinski definition) is 1. The van der Waals surface area contributed by atoms with Gasteiger partial charge in [0.2, 0.25) is 21.8 Å². The maximum atomic E-state index is 13.5. The third-order valence-corrected chi connectivity index (χ3v) is 7.20. The van der Waals surface area contributed by atoms with Gasteiger partial charge in [0.1, 0.15) is 12.6 Å². The molecule has 0 heterocycles. The molecule has 2 aromatic rings. The topological polar surface area (TPSA) is 86.8 Å². The molecule has 0 aromatic heterocycles. The van der Waals surface area contributed by atoms with Crippen LogP contribution in [0.3, 0.4) is 0 Å². The standard InChI is InChI=1S/C22H25Cl4N3O4S/c1-4-19(22(31)27-5-2)28(12-14-6-7-15(23)10-17(14)25)21(30)13-29(34(3,32)33)20-9-8-16(24)11-18(20)26/h6-11,19H,4-5,12-13H2,1-3H3,(H,27,31)/t19-/m1/s1. The van der Waals surface area contributed by atoms with Crippen LogP contribution in [0.2, 0.25) is 20.1 Å². The van der Waals surface area contributed by atoms with Crippen LogP contribution in [0.25, 0.3) is 0 Å². The van der Waals surface area contributed by atoms with Gasteiger partial charge in [-0.25, -0.2) is 8.42 Å². The van der Waals surface area contributed by atoms with Crippen LogP contribution in [0.4, 0.5) is 5.69 Å². The fraction of sp³-hybridized carbons (Fsp3) is 0.364. The Morgan fingerprint density at radius 3 is 2.06 bits per heavy atom. The Morgan fingerprint density at radius 2 is 1.56 bits per heavy atom. The van der Waals surface area contributed by atoms with E-state index in [9.17, 15) is 18.0 Å². The number of benzene rings is 2. The van der Waals surface area contributed by atoms with Gasteiger partial charge < -0.3 is 10.2 Å². The maximum absolute atomic E-state index is 13.5. The number of nitrogens with zero attached hydrogens (tertiary/aromatic N) is 2. The second-order valence-corrected chi connectivity index (χ2v) is 11.0. The number of amides is 2. The summed E-state index contributed by atoms with van der Waals surface area (Å²) in [6.07, 6.45) is 1.26. The fourth-order valence-electron chi connectivity index (χ4n) is 3.32. The molecule has 12 heteroatoms. The van der Waals surface area contributed by atoms with E-state index in [4.69, 9.17) is 46.4 Å². The number of halogens is 4. The first kappa shape index (κ1) is 28.5. The third kappa shape index (κ3) is 7.39. The summed E-state index contributed by atoms with van der Waals surface area (Å²) in [5.41, 5.74) is 0.648. The first-order valence-electron chi connectivity index (χ1n) is 10.3. The second kappa shape index (κ2) is 12.3. The fourth-order valence-corrected chi connectivity index (χ4v) is 5.21. The SMILES string of the molecule is CCNC(=O)[C@@H](CC)N(Cc1ccc(Cl)cc1Cl)C(=O)CN(c1ccc(Cl)cc1Cl)S(C)(=O)=O. The van der Waals surface area contributed by atoms with Gasteiger partial charge in [0.25, 0.3) is 0 Å². The molecule has 0 saturated carbocycles. The molecule has 1 atom stereocenters. The van der Waals surface area contributed by atoms with Crippen molar-refractivity contribution in [1.82, 2.24) is 10.2 Å². The Hall–Kier alpha value is -1.71. The molecule has 0 bridgehead atoms. The summed E-state index contributed by atoms with van der Waals surface area (Å²) in [4.78, 5) is 27.6. The molecule has 0 fully saturated rings. The Morgan fingerprint density at radius 1 is 0.971 bits per heavy atom. The smallest absolute Gasteiger partial charge is 0.244 e. The highest BCUT2D eigenvalue weighted by Gasteiger charge is 2.32. The monoisotopic (exact) mass is 567 g/mol. The molecule has 2 amide bonds. The lowest BCUT2D eigenvalue weighted by atomic mass is 10.1. The summed E-state index contributed by atoms with van der Waals surface area (Å²) < 4.78 is 26.1. The van der Waals surface area contributed by atoms with Gasteiger partial charge >= 0.3 is 0 Å². The Kier molecular flexibility index (Phi) is 10.3. The largest absolute Gasteiger partial charge is 0.355 e. The number of carbonyl (C=O) groups is 2. The predicted molar refractivity (Wildman–Crippen MR) is 138 cm³/mol. The van der Waals surface area contributed by atoms with Gasteiger partial charge in [-0.1, -0.05) is 59.4 Å². The third-order valence-electron chi connectivity index (χ3n) is 4.95. The average Bonchev–Trinajstić information content (AvgIpc) is 2.73. The summed E-state index contributed by atoms with van der Waals surface area (Å²) in [7, 11) is -3.92. The van der Waals surface area contributed by atoms with Crippen LogP contribution in [0.1, 0.15) is 25.8 Å². The molecule has 0 radical (unpaired) electrons. The lowest BCUT2D eigenvalue weighted by Gasteiger charge is -2.33. The van der Waals surface area contributed by atoms with E-state index >= 15 is 0 Å². The van der Waals surface area contributed by atoms with Gasteiger partial charge in [0.05, 0.1) is 17.0 Å². The summed E-state index contributed by atoms with van der Waals surface area (Å²) in [6.45, 7) is 3.28. The van der Waals surface area contributed by atoms with Crippen molar-refractivity contribution in [2.24, 2.45) is 0 Å². The molecular formula is C22H25Cl4N3O4S. The first-order chi connectivity index (χ1) is 15.9. The van der Waals surface area contributed by atoms with Crippen LogP contribution in [0, 0.1) is 0 Å². The zero-order chi connectivity index (χ0) is 25.6. The van der Waals surface area contributed by atoms with E-state index in [0.29, 0.717) is 33.6 Å². The molecule has 0 aliphatic carbocycles. The Labute approximate surface area is 220 Å². The minimum absolute atomic E-state index is 0.0313. The molecule has 0 aliphatic rings. The van der Waals surface area contributed by atoms with E-state index in [1.54, 1.807) is 26.0 Å². The first-order valence-corrected chi connectivity index (χ1v) is 13.7. The van der Waals surface area contributed by atoms with Crippen molar-refractivity contribution >= 4 is 73.9 Å². The quantitative estimate of drug-likeness (QED) is 0.436.